The molecule has 0 radical (unpaired) electrons. The van der Waals surface area contributed by atoms with Crippen LogP contribution in [0.15, 0.2) is 18.2 Å². The number of carbonyl (C=O) groups excluding carboxylic acids is 2. The Labute approximate surface area is 145 Å². The molecular formula is C20H30N2O2. The Morgan fingerprint density at radius 1 is 1.08 bits per heavy atom. The quantitative estimate of drug-likeness (QED) is 0.766. The van der Waals surface area contributed by atoms with Gasteiger partial charge in [0.2, 0.25) is 11.8 Å². The van der Waals surface area contributed by atoms with Crippen LogP contribution in [0, 0.1) is 17.8 Å². The van der Waals surface area contributed by atoms with E-state index >= 15 is 0 Å². The second-order valence-corrected chi connectivity index (χ2v) is 7.07. The van der Waals surface area contributed by atoms with Crippen molar-refractivity contribution in [1.82, 2.24) is 5.32 Å². The molecule has 1 aromatic carbocycles. The Kier molecular flexibility index (Phi) is 6.41. The van der Waals surface area contributed by atoms with Gasteiger partial charge in [-0.25, -0.2) is 0 Å². The lowest BCUT2D eigenvalue weighted by Gasteiger charge is -2.14. The van der Waals surface area contributed by atoms with Gasteiger partial charge in [-0.15, -0.1) is 0 Å². The van der Waals surface area contributed by atoms with E-state index < -0.39 is 0 Å². The Bertz CT molecular complexity index is 573. The van der Waals surface area contributed by atoms with Crippen LogP contribution < -0.4 is 10.6 Å². The number of benzene rings is 1. The number of nitrogens with one attached hydrogen (secondary N) is 2. The summed E-state index contributed by atoms with van der Waals surface area (Å²) in [4.78, 5) is 24.6. The molecule has 0 spiro atoms. The number of hydrogen-bond acceptors (Lipinski definition) is 2. The van der Waals surface area contributed by atoms with Crippen LogP contribution in [0.25, 0.3) is 0 Å². The fraction of sp³-hybridized carbons (Fsp3) is 0.600. The zero-order chi connectivity index (χ0) is 17.7. The van der Waals surface area contributed by atoms with E-state index in [2.05, 4.69) is 50.5 Å². The molecule has 4 heteroatoms. The molecule has 132 valence electrons. The molecule has 2 N–H and O–H groups in total. The van der Waals surface area contributed by atoms with Gasteiger partial charge in [-0.1, -0.05) is 45.9 Å². The van der Waals surface area contributed by atoms with Crippen LogP contribution in [0.3, 0.4) is 0 Å². The van der Waals surface area contributed by atoms with Crippen molar-refractivity contribution < 1.29 is 9.59 Å². The summed E-state index contributed by atoms with van der Waals surface area (Å²) in [5, 5.41) is 6.03. The zero-order valence-corrected chi connectivity index (χ0v) is 15.3. The maximum Gasteiger partial charge on any atom is 0.228 e. The van der Waals surface area contributed by atoms with Crippen LogP contribution in [-0.4, -0.2) is 18.4 Å². The van der Waals surface area contributed by atoms with Crippen LogP contribution in [0.2, 0.25) is 0 Å². The first-order valence-corrected chi connectivity index (χ1v) is 9.17. The Balaban J connectivity index is 1.92. The fourth-order valence-corrected chi connectivity index (χ4v) is 3.01. The number of amides is 2. The van der Waals surface area contributed by atoms with Crippen LogP contribution in [0.5, 0.6) is 0 Å². The van der Waals surface area contributed by atoms with E-state index in [4.69, 9.17) is 0 Å². The van der Waals surface area contributed by atoms with Gasteiger partial charge in [-0.3, -0.25) is 9.59 Å². The number of aryl methyl sites for hydroxylation is 2. The van der Waals surface area contributed by atoms with Crippen LogP contribution in [-0.2, 0) is 22.4 Å². The van der Waals surface area contributed by atoms with Crippen molar-refractivity contribution in [2.45, 2.75) is 53.4 Å². The van der Waals surface area contributed by atoms with Gasteiger partial charge in [0.05, 0.1) is 11.8 Å². The molecule has 1 aromatic rings. The molecule has 0 bridgehead atoms. The third-order valence-corrected chi connectivity index (χ3v) is 4.73. The highest BCUT2D eigenvalue weighted by Crippen LogP contribution is 2.40. The number of hydrogen-bond donors (Lipinski definition) is 2. The minimum Gasteiger partial charge on any atom is -0.356 e. The normalized spacial score (nSPS) is 19.2. The summed E-state index contributed by atoms with van der Waals surface area (Å²) >= 11 is 0. The summed E-state index contributed by atoms with van der Waals surface area (Å²) < 4.78 is 0. The van der Waals surface area contributed by atoms with Gasteiger partial charge in [0.25, 0.3) is 0 Å². The van der Waals surface area contributed by atoms with E-state index in [-0.39, 0.29) is 23.7 Å². The highest BCUT2D eigenvalue weighted by molar-refractivity contribution is 6.00. The summed E-state index contributed by atoms with van der Waals surface area (Å²) in [6.45, 7) is 9.14. The average Bonchev–Trinajstić information content (AvgIpc) is 3.35. The van der Waals surface area contributed by atoms with Crippen LogP contribution in [0.4, 0.5) is 5.69 Å². The van der Waals surface area contributed by atoms with Gasteiger partial charge in [0.1, 0.15) is 0 Å². The molecule has 1 fully saturated rings. The molecule has 0 heterocycles. The van der Waals surface area contributed by atoms with Crippen molar-refractivity contribution in [2.75, 3.05) is 11.9 Å². The Hall–Kier alpha value is -1.84. The lowest BCUT2D eigenvalue weighted by atomic mass is 10.0. The minimum absolute atomic E-state index is 0.0189. The third kappa shape index (κ3) is 4.59. The summed E-state index contributed by atoms with van der Waals surface area (Å²) in [6, 6.07) is 6.14. The molecule has 0 aliphatic heterocycles. The van der Waals surface area contributed by atoms with Crippen molar-refractivity contribution >= 4 is 17.5 Å². The molecule has 2 rings (SSSR count). The van der Waals surface area contributed by atoms with Gasteiger partial charge in [0.15, 0.2) is 0 Å². The average molecular weight is 330 g/mol. The number of carbonyl (C=O) groups is 2. The van der Waals surface area contributed by atoms with Gasteiger partial charge >= 0.3 is 0 Å². The molecule has 1 aliphatic carbocycles. The first kappa shape index (κ1) is 18.5. The summed E-state index contributed by atoms with van der Waals surface area (Å²) in [7, 11) is 0. The highest BCUT2D eigenvalue weighted by Gasteiger charge is 2.48. The number of para-hydroxylation sites is 1. The van der Waals surface area contributed by atoms with Gasteiger partial charge in [-0.2, -0.15) is 0 Å². The zero-order valence-electron chi connectivity index (χ0n) is 15.3. The maximum atomic E-state index is 12.5. The van der Waals surface area contributed by atoms with Crippen molar-refractivity contribution in [3.8, 4) is 0 Å². The lowest BCUT2D eigenvalue weighted by molar-refractivity contribution is -0.125. The van der Waals surface area contributed by atoms with Crippen LogP contribution >= 0.6 is 0 Å². The standard InChI is InChI=1S/C20H30N2O2/c1-5-14-8-7-9-15(6-2)18(14)22-20(24)17-12-16(17)19(23)21-11-10-13(3)4/h7-9,13,16-17H,5-6,10-12H2,1-4H3,(H,21,23)(H,22,24). The second kappa shape index (κ2) is 8.32. The molecule has 4 nitrogen and oxygen atoms in total. The molecule has 24 heavy (non-hydrogen) atoms. The second-order valence-electron chi connectivity index (χ2n) is 7.07. The van der Waals surface area contributed by atoms with E-state index in [1.807, 2.05) is 6.07 Å². The predicted molar refractivity (Wildman–Crippen MR) is 97.9 cm³/mol. The van der Waals surface area contributed by atoms with Gasteiger partial charge in [0, 0.05) is 12.2 Å². The predicted octanol–water partition coefficient (Wildman–Crippen LogP) is 3.55. The monoisotopic (exact) mass is 330 g/mol. The number of rotatable bonds is 8. The molecule has 0 saturated heterocycles. The van der Waals surface area contributed by atoms with Crippen molar-refractivity contribution in [3.63, 3.8) is 0 Å². The molecule has 2 unspecified atom stereocenters. The van der Waals surface area contributed by atoms with E-state index in [0.717, 1.165) is 36.1 Å². The molecule has 1 saturated carbocycles. The van der Waals surface area contributed by atoms with E-state index in [1.165, 1.54) is 0 Å². The van der Waals surface area contributed by atoms with Crippen LogP contribution in [0.1, 0.15) is 51.7 Å². The highest BCUT2D eigenvalue weighted by atomic mass is 16.2. The first-order chi connectivity index (χ1) is 11.5. The lowest BCUT2D eigenvalue weighted by Crippen LogP contribution is -2.29. The topological polar surface area (TPSA) is 58.2 Å². The van der Waals surface area contributed by atoms with E-state index in [0.29, 0.717) is 18.9 Å². The van der Waals surface area contributed by atoms with Crippen molar-refractivity contribution in [2.24, 2.45) is 17.8 Å². The molecule has 0 aromatic heterocycles. The third-order valence-electron chi connectivity index (χ3n) is 4.73. The Morgan fingerprint density at radius 2 is 1.67 bits per heavy atom. The number of anilines is 1. The van der Waals surface area contributed by atoms with Gasteiger partial charge < -0.3 is 10.6 Å². The maximum absolute atomic E-state index is 12.5. The molecule has 2 amide bonds. The molecule has 1 aliphatic rings. The molecule has 2 atom stereocenters. The Morgan fingerprint density at radius 3 is 2.21 bits per heavy atom. The van der Waals surface area contributed by atoms with E-state index in [9.17, 15) is 9.59 Å². The summed E-state index contributed by atoms with van der Waals surface area (Å²) in [5.41, 5.74) is 3.25. The first-order valence-electron chi connectivity index (χ1n) is 9.17. The van der Waals surface area contributed by atoms with E-state index in [1.54, 1.807) is 0 Å². The largest absolute Gasteiger partial charge is 0.356 e. The minimum atomic E-state index is -0.182. The van der Waals surface area contributed by atoms with Crippen molar-refractivity contribution in [1.29, 1.82) is 0 Å². The summed E-state index contributed by atoms with van der Waals surface area (Å²) in [5.74, 6) is 0.237. The smallest absolute Gasteiger partial charge is 0.228 e. The SMILES string of the molecule is CCc1cccc(CC)c1NC(=O)C1CC1C(=O)NCCC(C)C. The fourth-order valence-electron chi connectivity index (χ4n) is 3.01. The summed E-state index contributed by atoms with van der Waals surface area (Å²) in [6.07, 6.45) is 3.40. The van der Waals surface area contributed by atoms with Gasteiger partial charge in [-0.05, 0) is 42.7 Å². The molecular weight excluding hydrogens is 300 g/mol. The van der Waals surface area contributed by atoms with Crippen molar-refractivity contribution in [3.05, 3.63) is 29.3 Å².